The SMILES string of the molecule is CC(C)=C(C#N)NCCC1C2CC3CC(C2)CC1C3. The van der Waals surface area contributed by atoms with Crippen LogP contribution in [-0.4, -0.2) is 6.54 Å². The van der Waals surface area contributed by atoms with E-state index in [0.29, 0.717) is 0 Å². The second-order valence-electron chi connectivity index (χ2n) is 7.30. The van der Waals surface area contributed by atoms with Crippen LogP contribution in [0, 0.1) is 40.9 Å². The van der Waals surface area contributed by atoms with Crippen LogP contribution >= 0.6 is 0 Å². The van der Waals surface area contributed by atoms with Gasteiger partial charge in [0.05, 0.1) is 0 Å². The van der Waals surface area contributed by atoms with Crippen molar-refractivity contribution in [3.63, 3.8) is 0 Å². The first kappa shape index (κ1) is 13.0. The van der Waals surface area contributed by atoms with Gasteiger partial charge in [0.15, 0.2) is 0 Å². The third kappa shape index (κ3) is 2.53. The summed E-state index contributed by atoms with van der Waals surface area (Å²) in [6, 6.07) is 2.27. The van der Waals surface area contributed by atoms with Gasteiger partial charge in [0.2, 0.25) is 0 Å². The second-order valence-corrected chi connectivity index (χ2v) is 7.30. The Hall–Kier alpha value is -0.970. The molecule has 2 nitrogen and oxygen atoms in total. The highest BCUT2D eigenvalue weighted by atomic mass is 14.9. The standard InChI is InChI=1S/C17H26N2/c1-11(2)17(10-18)19-4-3-16-14-6-12-5-13(8-14)9-15(16)7-12/h12-16,19H,3-9H2,1-2H3. The Bertz CT molecular complexity index is 383. The van der Waals surface area contributed by atoms with Gasteiger partial charge in [0.1, 0.15) is 11.8 Å². The van der Waals surface area contributed by atoms with E-state index < -0.39 is 0 Å². The molecule has 0 heterocycles. The van der Waals surface area contributed by atoms with Gasteiger partial charge in [-0.25, -0.2) is 0 Å². The molecule has 4 aliphatic carbocycles. The number of nitrogens with zero attached hydrogens (tertiary/aromatic N) is 1. The van der Waals surface area contributed by atoms with E-state index in [2.05, 4.69) is 11.4 Å². The smallest absolute Gasteiger partial charge is 0.117 e. The monoisotopic (exact) mass is 258 g/mol. The molecule has 104 valence electrons. The summed E-state index contributed by atoms with van der Waals surface area (Å²) in [6.45, 7) is 5.00. The molecule has 4 aliphatic rings. The Labute approximate surface area is 117 Å². The molecule has 4 rings (SSSR count). The first-order chi connectivity index (χ1) is 9.17. The maximum atomic E-state index is 9.06. The third-order valence-corrected chi connectivity index (χ3v) is 5.81. The highest BCUT2D eigenvalue weighted by Crippen LogP contribution is 2.57. The molecule has 0 unspecified atom stereocenters. The quantitative estimate of drug-likeness (QED) is 0.777. The zero-order valence-electron chi connectivity index (χ0n) is 12.3. The van der Waals surface area contributed by atoms with Crippen molar-refractivity contribution in [2.75, 3.05) is 6.54 Å². The molecule has 0 aromatic heterocycles. The highest BCUT2D eigenvalue weighted by molar-refractivity contribution is 5.23. The summed E-state index contributed by atoms with van der Waals surface area (Å²) in [5, 5.41) is 12.4. The van der Waals surface area contributed by atoms with E-state index in [1.807, 2.05) is 13.8 Å². The minimum absolute atomic E-state index is 0.781. The molecule has 4 fully saturated rings. The van der Waals surface area contributed by atoms with Crippen molar-refractivity contribution in [3.05, 3.63) is 11.3 Å². The number of rotatable bonds is 4. The number of nitriles is 1. The lowest BCUT2D eigenvalue weighted by Gasteiger charge is -2.54. The number of hydrogen-bond donors (Lipinski definition) is 1. The van der Waals surface area contributed by atoms with E-state index in [4.69, 9.17) is 5.26 Å². The molecular formula is C17H26N2. The van der Waals surface area contributed by atoms with Gasteiger partial charge in [-0.1, -0.05) is 0 Å². The molecule has 4 saturated carbocycles. The summed E-state index contributed by atoms with van der Waals surface area (Å²) in [5.74, 6) is 5.10. The average molecular weight is 258 g/mol. The second kappa shape index (κ2) is 5.19. The van der Waals surface area contributed by atoms with Crippen LogP contribution in [0.3, 0.4) is 0 Å². The molecule has 19 heavy (non-hydrogen) atoms. The van der Waals surface area contributed by atoms with Gasteiger partial charge in [-0.2, -0.15) is 5.26 Å². The maximum Gasteiger partial charge on any atom is 0.117 e. The predicted molar refractivity (Wildman–Crippen MR) is 77.1 cm³/mol. The molecule has 0 radical (unpaired) electrons. The van der Waals surface area contributed by atoms with Crippen molar-refractivity contribution in [1.82, 2.24) is 5.32 Å². The predicted octanol–water partition coefficient (Wildman–Crippen LogP) is 3.86. The summed E-state index contributed by atoms with van der Waals surface area (Å²) in [7, 11) is 0. The summed E-state index contributed by atoms with van der Waals surface area (Å²) in [6.07, 6.45) is 8.83. The fraction of sp³-hybridized carbons (Fsp3) is 0.824. The zero-order chi connectivity index (χ0) is 13.4. The van der Waals surface area contributed by atoms with E-state index in [0.717, 1.165) is 47.4 Å². The zero-order valence-corrected chi connectivity index (χ0v) is 12.3. The van der Waals surface area contributed by atoms with Gasteiger partial charge in [-0.15, -0.1) is 0 Å². The fourth-order valence-corrected chi connectivity index (χ4v) is 5.20. The first-order valence-corrected chi connectivity index (χ1v) is 7.98. The lowest BCUT2D eigenvalue weighted by Crippen LogP contribution is -2.45. The molecule has 0 aromatic carbocycles. The molecule has 0 aliphatic heterocycles. The van der Waals surface area contributed by atoms with E-state index in [-0.39, 0.29) is 0 Å². The van der Waals surface area contributed by atoms with Gasteiger partial charge in [0.25, 0.3) is 0 Å². The lowest BCUT2D eigenvalue weighted by molar-refractivity contribution is -0.0390. The van der Waals surface area contributed by atoms with Crippen LogP contribution in [0.5, 0.6) is 0 Å². The number of allylic oxidation sites excluding steroid dienone is 2. The number of nitrogens with one attached hydrogen (secondary N) is 1. The summed E-state index contributed by atoms with van der Waals surface area (Å²) >= 11 is 0. The third-order valence-electron chi connectivity index (χ3n) is 5.81. The van der Waals surface area contributed by atoms with Crippen LogP contribution < -0.4 is 5.32 Å². The van der Waals surface area contributed by atoms with Crippen molar-refractivity contribution < 1.29 is 0 Å². The molecule has 0 aromatic rings. The lowest BCUT2D eigenvalue weighted by atomic mass is 9.51. The Morgan fingerprint density at radius 3 is 2.11 bits per heavy atom. The molecule has 0 amide bonds. The van der Waals surface area contributed by atoms with Crippen molar-refractivity contribution in [2.45, 2.75) is 52.4 Å². The van der Waals surface area contributed by atoms with Crippen LogP contribution in [0.4, 0.5) is 0 Å². The van der Waals surface area contributed by atoms with E-state index in [1.54, 1.807) is 0 Å². The topological polar surface area (TPSA) is 35.8 Å². The Morgan fingerprint density at radius 1 is 1.05 bits per heavy atom. The van der Waals surface area contributed by atoms with Crippen LogP contribution in [0.2, 0.25) is 0 Å². The van der Waals surface area contributed by atoms with Crippen molar-refractivity contribution in [3.8, 4) is 6.07 Å². The number of hydrogen-bond acceptors (Lipinski definition) is 2. The van der Waals surface area contributed by atoms with Gasteiger partial charge in [-0.05, 0) is 87.5 Å². The van der Waals surface area contributed by atoms with Crippen molar-refractivity contribution >= 4 is 0 Å². The highest BCUT2D eigenvalue weighted by Gasteiger charge is 2.47. The molecular weight excluding hydrogens is 232 g/mol. The molecule has 0 spiro atoms. The Balaban J connectivity index is 1.54. The molecule has 1 N–H and O–H groups in total. The van der Waals surface area contributed by atoms with Crippen LogP contribution in [0.25, 0.3) is 0 Å². The van der Waals surface area contributed by atoms with Crippen LogP contribution in [-0.2, 0) is 0 Å². The van der Waals surface area contributed by atoms with Crippen LogP contribution in [0.15, 0.2) is 11.3 Å². The fourth-order valence-electron chi connectivity index (χ4n) is 5.20. The van der Waals surface area contributed by atoms with Gasteiger partial charge in [-0.3, -0.25) is 0 Å². The van der Waals surface area contributed by atoms with Gasteiger partial charge in [0, 0.05) is 6.54 Å². The molecule has 2 heteroatoms. The van der Waals surface area contributed by atoms with Gasteiger partial charge < -0.3 is 5.32 Å². The van der Waals surface area contributed by atoms with E-state index >= 15 is 0 Å². The average Bonchev–Trinajstić information content (AvgIpc) is 2.36. The van der Waals surface area contributed by atoms with Crippen molar-refractivity contribution in [1.29, 1.82) is 5.26 Å². The van der Waals surface area contributed by atoms with Gasteiger partial charge >= 0.3 is 0 Å². The molecule has 4 bridgehead atoms. The largest absolute Gasteiger partial charge is 0.377 e. The van der Waals surface area contributed by atoms with Crippen molar-refractivity contribution in [2.24, 2.45) is 29.6 Å². The Morgan fingerprint density at radius 2 is 1.63 bits per heavy atom. The Kier molecular flexibility index (Phi) is 3.56. The molecule has 0 atom stereocenters. The molecule has 0 saturated heterocycles. The van der Waals surface area contributed by atoms with E-state index in [1.165, 1.54) is 38.5 Å². The minimum Gasteiger partial charge on any atom is -0.377 e. The first-order valence-electron chi connectivity index (χ1n) is 7.98. The summed E-state index contributed by atoms with van der Waals surface area (Å²) < 4.78 is 0. The van der Waals surface area contributed by atoms with Crippen LogP contribution in [0.1, 0.15) is 52.4 Å². The maximum absolute atomic E-state index is 9.06. The summed E-state index contributed by atoms with van der Waals surface area (Å²) in [5.41, 5.74) is 1.89. The summed E-state index contributed by atoms with van der Waals surface area (Å²) in [4.78, 5) is 0. The van der Waals surface area contributed by atoms with E-state index in [9.17, 15) is 0 Å². The minimum atomic E-state index is 0.781. The normalized spacial score (nSPS) is 38.9.